The van der Waals surface area contributed by atoms with Crippen molar-refractivity contribution in [1.82, 2.24) is 15.0 Å². The summed E-state index contributed by atoms with van der Waals surface area (Å²) in [4.78, 5) is 13.5. The van der Waals surface area contributed by atoms with E-state index in [1.54, 1.807) is 18.2 Å². The van der Waals surface area contributed by atoms with Gasteiger partial charge in [-0.1, -0.05) is 24.3 Å². The van der Waals surface area contributed by atoms with Crippen LogP contribution in [0.4, 0.5) is 11.6 Å². The lowest BCUT2D eigenvalue weighted by atomic mass is 10.1. The Hall–Kier alpha value is -4.49. The molecule has 0 amide bonds. The highest BCUT2D eigenvalue weighted by atomic mass is 15.1. The van der Waals surface area contributed by atoms with Crippen LogP contribution in [0.25, 0.3) is 22.3 Å². The van der Waals surface area contributed by atoms with Gasteiger partial charge in [-0.2, -0.15) is 10.5 Å². The third-order valence-electron chi connectivity index (χ3n) is 4.51. The lowest BCUT2D eigenvalue weighted by Gasteiger charge is -2.12. The summed E-state index contributed by atoms with van der Waals surface area (Å²) in [5, 5.41) is 25.7. The van der Waals surface area contributed by atoms with Gasteiger partial charge in [0.25, 0.3) is 0 Å². The fourth-order valence-corrected chi connectivity index (χ4v) is 3.04. The summed E-state index contributed by atoms with van der Waals surface area (Å²) in [6.45, 7) is 1.21. The SMILES string of the molecule is N#Cc1ccc(NCCNc2nc(-c3ccccc3C#N)nc3ccccc23)nc1. The summed E-state index contributed by atoms with van der Waals surface area (Å²) >= 11 is 0. The van der Waals surface area contributed by atoms with Crippen molar-refractivity contribution in [2.45, 2.75) is 0 Å². The van der Waals surface area contributed by atoms with Gasteiger partial charge in [0.05, 0.1) is 22.7 Å². The van der Waals surface area contributed by atoms with Gasteiger partial charge in [-0.25, -0.2) is 15.0 Å². The smallest absolute Gasteiger partial charge is 0.163 e. The number of aromatic nitrogens is 3. The number of nitrogens with one attached hydrogen (secondary N) is 2. The van der Waals surface area contributed by atoms with Crippen molar-refractivity contribution in [3.8, 4) is 23.5 Å². The van der Waals surface area contributed by atoms with Crippen molar-refractivity contribution in [2.75, 3.05) is 23.7 Å². The first-order chi connectivity index (χ1) is 14.8. The first-order valence-corrected chi connectivity index (χ1v) is 9.38. The van der Waals surface area contributed by atoms with Crippen LogP contribution in [0.5, 0.6) is 0 Å². The number of nitrogens with zero attached hydrogens (tertiary/aromatic N) is 5. The highest BCUT2D eigenvalue weighted by Gasteiger charge is 2.12. The highest BCUT2D eigenvalue weighted by molar-refractivity contribution is 5.90. The molecule has 30 heavy (non-hydrogen) atoms. The Morgan fingerprint density at radius 1 is 0.800 bits per heavy atom. The number of para-hydroxylation sites is 1. The van der Waals surface area contributed by atoms with Gasteiger partial charge in [-0.05, 0) is 36.4 Å². The molecule has 144 valence electrons. The second kappa shape index (κ2) is 8.68. The molecule has 4 aromatic rings. The van der Waals surface area contributed by atoms with E-state index in [9.17, 15) is 5.26 Å². The van der Waals surface area contributed by atoms with Crippen LogP contribution in [-0.4, -0.2) is 28.0 Å². The molecule has 2 heterocycles. The highest BCUT2D eigenvalue weighted by Crippen LogP contribution is 2.26. The molecule has 7 nitrogen and oxygen atoms in total. The minimum absolute atomic E-state index is 0.509. The van der Waals surface area contributed by atoms with Gasteiger partial charge in [-0.15, -0.1) is 0 Å². The van der Waals surface area contributed by atoms with E-state index < -0.39 is 0 Å². The van der Waals surface area contributed by atoms with Crippen LogP contribution in [0.1, 0.15) is 11.1 Å². The second-order valence-electron chi connectivity index (χ2n) is 6.47. The molecule has 2 aromatic carbocycles. The van der Waals surface area contributed by atoms with Crippen LogP contribution in [0.15, 0.2) is 66.9 Å². The first kappa shape index (κ1) is 18.9. The zero-order chi connectivity index (χ0) is 20.8. The van der Waals surface area contributed by atoms with Crippen LogP contribution in [-0.2, 0) is 0 Å². The van der Waals surface area contributed by atoms with Gasteiger partial charge >= 0.3 is 0 Å². The number of fused-ring (bicyclic) bond motifs is 1. The largest absolute Gasteiger partial charge is 0.368 e. The van der Waals surface area contributed by atoms with Crippen molar-refractivity contribution in [2.24, 2.45) is 0 Å². The summed E-state index contributed by atoms with van der Waals surface area (Å²) < 4.78 is 0. The van der Waals surface area contributed by atoms with E-state index in [2.05, 4.69) is 26.7 Å². The van der Waals surface area contributed by atoms with Crippen LogP contribution in [0.3, 0.4) is 0 Å². The van der Waals surface area contributed by atoms with Crippen molar-refractivity contribution < 1.29 is 0 Å². The number of pyridine rings is 1. The Bertz CT molecular complexity index is 1270. The summed E-state index contributed by atoms with van der Waals surface area (Å²) in [7, 11) is 0. The molecule has 0 fully saturated rings. The third-order valence-corrected chi connectivity index (χ3v) is 4.51. The second-order valence-corrected chi connectivity index (χ2v) is 6.47. The molecule has 0 unspecified atom stereocenters. The Morgan fingerprint density at radius 2 is 1.60 bits per heavy atom. The topological polar surface area (TPSA) is 110 Å². The molecule has 0 bridgehead atoms. The lowest BCUT2D eigenvalue weighted by Crippen LogP contribution is -2.15. The predicted molar refractivity (Wildman–Crippen MR) is 116 cm³/mol. The van der Waals surface area contributed by atoms with Crippen molar-refractivity contribution >= 4 is 22.5 Å². The predicted octanol–water partition coefficient (Wildman–Crippen LogP) is 3.96. The molecule has 2 aromatic heterocycles. The molecule has 0 saturated heterocycles. The third kappa shape index (κ3) is 4.01. The van der Waals surface area contributed by atoms with E-state index in [-0.39, 0.29) is 0 Å². The summed E-state index contributed by atoms with van der Waals surface area (Å²) in [5.41, 5.74) is 2.57. The molecule has 7 heteroatoms. The quantitative estimate of drug-likeness (QED) is 0.479. The monoisotopic (exact) mass is 391 g/mol. The Labute approximate surface area is 173 Å². The first-order valence-electron chi connectivity index (χ1n) is 9.38. The number of rotatable bonds is 6. The Kier molecular flexibility index (Phi) is 5.45. The van der Waals surface area contributed by atoms with Crippen LogP contribution >= 0.6 is 0 Å². The molecule has 0 aliphatic rings. The molecule has 4 rings (SSSR count). The van der Waals surface area contributed by atoms with E-state index in [0.29, 0.717) is 47.2 Å². The maximum atomic E-state index is 9.42. The summed E-state index contributed by atoms with van der Waals surface area (Å²) in [6, 6.07) is 22.8. The zero-order valence-electron chi connectivity index (χ0n) is 16.0. The summed E-state index contributed by atoms with van der Waals surface area (Å²) in [6.07, 6.45) is 1.53. The average Bonchev–Trinajstić information content (AvgIpc) is 2.82. The summed E-state index contributed by atoms with van der Waals surface area (Å²) in [5.74, 6) is 1.92. The molecule has 0 spiro atoms. The molecule has 0 aliphatic heterocycles. The maximum Gasteiger partial charge on any atom is 0.163 e. The van der Waals surface area contributed by atoms with E-state index >= 15 is 0 Å². The van der Waals surface area contributed by atoms with Gasteiger partial charge in [-0.3, -0.25) is 0 Å². The molecular formula is C23H17N7. The number of nitriles is 2. The molecule has 2 N–H and O–H groups in total. The van der Waals surface area contributed by atoms with Gasteiger partial charge in [0, 0.05) is 30.2 Å². The maximum absolute atomic E-state index is 9.42. The van der Waals surface area contributed by atoms with E-state index in [1.807, 2.05) is 48.5 Å². The minimum atomic E-state index is 0.509. The Morgan fingerprint density at radius 3 is 2.40 bits per heavy atom. The van der Waals surface area contributed by atoms with Crippen molar-refractivity contribution in [3.05, 3.63) is 78.0 Å². The molecule has 0 atom stereocenters. The fourth-order valence-electron chi connectivity index (χ4n) is 3.04. The standard InChI is InChI=1S/C23H17N7/c24-13-16-9-10-21(28-15-16)26-11-12-27-22-19-7-3-4-8-20(19)29-23(30-22)18-6-2-1-5-17(18)14-25/h1-10,15H,11-12H2,(H,26,28)(H,27,29,30). The normalized spacial score (nSPS) is 10.2. The van der Waals surface area contributed by atoms with Gasteiger partial charge < -0.3 is 10.6 Å². The fraction of sp³-hybridized carbons (Fsp3) is 0.0870. The van der Waals surface area contributed by atoms with Gasteiger partial charge in [0.2, 0.25) is 0 Å². The zero-order valence-corrected chi connectivity index (χ0v) is 16.0. The average molecular weight is 391 g/mol. The molecule has 0 aliphatic carbocycles. The molecule has 0 saturated carbocycles. The van der Waals surface area contributed by atoms with Crippen LogP contribution < -0.4 is 10.6 Å². The van der Waals surface area contributed by atoms with Gasteiger partial charge in [0.15, 0.2) is 5.82 Å². The van der Waals surface area contributed by atoms with Crippen LogP contribution in [0.2, 0.25) is 0 Å². The van der Waals surface area contributed by atoms with E-state index in [1.165, 1.54) is 6.20 Å². The number of hydrogen-bond acceptors (Lipinski definition) is 7. The molecular weight excluding hydrogens is 374 g/mol. The van der Waals surface area contributed by atoms with Gasteiger partial charge in [0.1, 0.15) is 17.7 Å². The lowest BCUT2D eigenvalue weighted by molar-refractivity contribution is 1.04. The van der Waals surface area contributed by atoms with E-state index in [0.717, 1.165) is 10.9 Å². The van der Waals surface area contributed by atoms with E-state index in [4.69, 9.17) is 10.2 Å². The number of benzene rings is 2. The van der Waals surface area contributed by atoms with Crippen molar-refractivity contribution in [1.29, 1.82) is 10.5 Å². The molecule has 0 radical (unpaired) electrons. The number of hydrogen-bond donors (Lipinski definition) is 2. The number of anilines is 2. The Balaban J connectivity index is 1.55. The van der Waals surface area contributed by atoms with Crippen LogP contribution in [0, 0.1) is 22.7 Å². The minimum Gasteiger partial charge on any atom is -0.368 e. The van der Waals surface area contributed by atoms with Crippen molar-refractivity contribution in [3.63, 3.8) is 0 Å².